The SMILES string of the molecule is COC(=O)N(Cc1ccccc1)C1CCC(c2ccc(O)cc2)CC1. The number of carbonyl (C=O) groups excluding carboxylic acids is 1. The van der Waals surface area contributed by atoms with E-state index in [1.165, 1.54) is 12.7 Å². The molecule has 1 fully saturated rings. The van der Waals surface area contributed by atoms with Gasteiger partial charge in [0.05, 0.1) is 7.11 Å². The van der Waals surface area contributed by atoms with Crippen molar-refractivity contribution in [1.29, 1.82) is 0 Å². The summed E-state index contributed by atoms with van der Waals surface area (Å²) < 4.78 is 5.02. The highest BCUT2D eigenvalue weighted by molar-refractivity contribution is 5.68. The van der Waals surface area contributed by atoms with Gasteiger partial charge in [0, 0.05) is 12.6 Å². The summed E-state index contributed by atoms with van der Waals surface area (Å²) >= 11 is 0. The number of nitrogens with zero attached hydrogens (tertiary/aromatic N) is 1. The Morgan fingerprint density at radius 3 is 2.28 bits per heavy atom. The van der Waals surface area contributed by atoms with Crippen molar-refractivity contribution in [2.24, 2.45) is 0 Å². The molecule has 0 aromatic heterocycles. The van der Waals surface area contributed by atoms with Crippen molar-refractivity contribution in [1.82, 2.24) is 4.90 Å². The fraction of sp³-hybridized carbons (Fsp3) is 0.381. The largest absolute Gasteiger partial charge is 0.508 e. The van der Waals surface area contributed by atoms with Gasteiger partial charge in [0.25, 0.3) is 0 Å². The molecular weight excluding hydrogens is 314 g/mol. The maximum atomic E-state index is 12.3. The van der Waals surface area contributed by atoms with Crippen molar-refractivity contribution in [3.63, 3.8) is 0 Å². The number of hydrogen-bond acceptors (Lipinski definition) is 3. The van der Waals surface area contributed by atoms with Crippen molar-refractivity contribution in [3.8, 4) is 5.75 Å². The predicted molar refractivity (Wildman–Crippen MR) is 97.5 cm³/mol. The zero-order valence-electron chi connectivity index (χ0n) is 14.6. The molecule has 0 spiro atoms. The molecule has 0 aliphatic heterocycles. The number of phenols is 1. The molecule has 2 aromatic rings. The molecular formula is C21H25NO3. The number of benzene rings is 2. The summed E-state index contributed by atoms with van der Waals surface area (Å²) in [5, 5.41) is 9.44. The first-order chi connectivity index (χ1) is 12.2. The van der Waals surface area contributed by atoms with Crippen LogP contribution in [0, 0.1) is 0 Å². The lowest BCUT2D eigenvalue weighted by molar-refractivity contribution is 0.0877. The van der Waals surface area contributed by atoms with Crippen LogP contribution in [0.1, 0.15) is 42.7 Å². The van der Waals surface area contributed by atoms with Gasteiger partial charge in [0.1, 0.15) is 5.75 Å². The minimum Gasteiger partial charge on any atom is -0.508 e. The number of hydrogen-bond donors (Lipinski definition) is 1. The lowest BCUT2D eigenvalue weighted by Crippen LogP contribution is -2.41. The number of methoxy groups -OCH3 is 1. The fourth-order valence-corrected chi connectivity index (χ4v) is 3.71. The third-order valence-corrected chi connectivity index (χ3v) is 5.11. The van der Waals surface area contributed by atoms with E-state index < -0.39 is 0 Å². The molecule has 25 heavy (non-hydrogen) atoms. The number of phenolic OH excluding ortho intramolecular Hbond substituents is 1. The molecule has 0 unspecified atom stereocenters. The Kier molecular flexibility index (Phi) is 5.59. The summed E-state index contributed by atoms with van der Waals surface area (Å²) in [6, 6.07) is 17.8. The second kappa shape index (κ2) is 8.06. The van der Waals surface area contributed by atoms with Gasteiger partial charge in [-0.1, -0.05) is 42.5 Å². The van der Waals surface area contributed by atoms with Gasteiger partial charge in [0.2, 0.25) is 0 Å². The summed E-state index contributed by atoms with van der Waals surface area (Å²) in [5.74, 6) is 0.797. The van der Waals surface area contributed by atoms with Crippen LogP contribution in [-0.4, -0.2) is 29.3 Å². The molecule has 4 nitrogen and oxygen atoms in total. The van der Waals surface area contributed by atoms with Crippen LogP contribution in [0.5, 0.6) is 5.75 Å². The second-order valence-corrected chi connectivity index (χ2v) is 6.68. The molecule has 0 radical (unpaired) electrons. The first-order valence-electron chi connectivity index (χ1n) is 8.85. The molecule has 0 saturated heterocycles. The van der Waals surface area contributed by atoms with Crippen molar-refractivity contribution in [3.05, 3.63) is 65.7 Å². The third-order valence-electron chi connectivity index (χ3n) is 5.11. The quantitative estimate of drug-likeness (QED) is 0.879. The van der Waals surface area contributed by atoms with Gasteiger partial charge in [-0.2, -0.15) is 0 Å². The number of aromatic hydroxyl groups is 1. The van der Waals surface area contributed by atoms with Crippen LogP contribution in [0.25, 0.3) is 0 Å². The van der Waals surface area contributed by atoms with Crippen LogP contribution in [0.2, 0.25) is 0 Å². The Morgan fingerprint density at radius 1 is 1.04 bits per heavy atom. The van der Waals surface area contributed by atoms with E-state index in [-0.39, 0.29) is 12.1 Å². The van der Waals surface area contributed by atoms with E-state index >= 15 is 0 Å². The Bertz CT molecular complexity index is 676. The molecule has 132 valence electrons. The van der Waals surface area contributed by atoms with Gasteiger partial charge in [0.15, 0.2) is 0 Å². The summed E-state index contributed by atoms with van der Waals surface area (Å²) in [7, 11) is 1.45. The van der Waals surface area contributed by atoms with Crippen LogP contribution >= 0.6 is 0 Å². The minimum absolute atomic E-state index is 0.209. The normalized spacial score (nSPS) is 20.0. The Balaban J connectivity index is 1.65. The van der Waals surface area contributed by atoms with E-state index in [9.17, 15) is 9.90 Å². The van der Waals surface area contributed by atoms with E-state index in [1.54, 1.807) is 12.1 Å². The van der Waals surface area contributed by atoms with Gasteiger partial charge in [-0.05, 0) is 54.9 Å². The number of amides is 1. The Morgan fingerprint density at radius 2 is 1.68 bits per heavy atom. The van der Waals surface area contributed by atoms with Gasteiger partial charge >= 0.3 is 6.09 Å². The maximum absolute atomic E-state index is 12.3. The third kappa shape index (κ3) is 4.32. The topological polar surface area (TPSA) is 49.8 Å². The Hall–Kier alpha value is -2.49. The first-order valence-corrected chi connectivity index (χ1v) is 8.85. The fourth-order valence-electron chi connectivity index (χ4n) is 3.71. The van der Waals surface area contributed by atoms with E-state index in [0.29, 0.717) is 18.2 Å². The first kappa shape index (κ1) is 17.3. The zero-order chi connectivity index (χ0) is 17.6. The van der Waals surface area contributed by atoms with Crippen molar-refractivity contribution in [2.75, 3.05) is 7.11 Å². The van der Waals surface area contributed by atoms with E-state index in [0.717, 1.165) is 31.2 Å². The molecule has 1 saturated carbocycles. The average molecular weight is 339 g/mol. The summed E-state index contributed by atoms with van der Waals surface area (Å²) in [5.41, 5.74) is 2.39. The standard InChI is InChI=1S/C21H25NO3/c1-25-21(24)22(15-16-5-3-2-4-6-16)19-11-7-17(8-12-19)18-9-13-20(23)14-10-18/h2-6,9-10,13-14,17,19,23H,7-8,11-12,15H2,1H3. The summed E-state index contributed by atoms with van der Waals surface area (Å²) in [4.78, 5) is 14.1. The van der Waals surface area contributed by atoms with E-state index in [1.807, 2.05) is 47.4 Å². The van der Waals surface area contributed by atoms with E-state index in [2.05, 4.69) is 0 Å². The minimum atomic E-state index is -0.253. The molecule has 1 aliphatic carbocycles. The highest BCUT2D eigenvalue weighted by Crippen LogP contribution is 2.35. The zero-order valence-corrected chi connectivity index (χ0v) is 14.6. The van der Waals surface area contributed by atoms with Crippen LogP contribution in [-0.2, 0) is 11.3 Å². The highest BCUT2D eigenvalue weighted by Gasteiger charge is 2.30. The smallest absolute Gasteiger partial charge is 0.410 e. The van der Waals surface area contributed by atoms with Gasteiger partial charge in [-0.25, -0.2) is 4.79 Å². The molecule has 1 N–H and O–H groups in total. The van der Waals surface area contributed by atoms with E-state index in [4.69, 9.17) is 4.74 Å². The molecule has 1 amide bonds. The lowest BCUT2D eigenvalue weighted by atomic mass is 9.81. The molecule has 0 atom stereocenters. The number of rotatable bonds is 4. The molecule has 0 bridgehead atoms. The van der Waals surface area contributed by atoms with Crippen molar-refractivity contribution in [2.45, 2.75) is 44.2 Å². The van der Waals surface area contributed by atoms with Crippen LogP contribution < -0.4 is 0 Å². The average Bonchev–Trinajstić information content (AvgIpc) is 2.67. The summed E-state index contributed by atoms with van der Waals surface area (Å²) in [6.45, 7) is 0.585. The molecule has 2 aromatic carbocycles. The lowest BCUT2D eigenvalue weighted by Gasteiger charge is -2.36. The van der Waals surface area contributed by atoms with Crippen molar-refractivity contribution >= 4 is 6.09 Å². The maximum Gasteiger partial charge on any atom is 0.410 e. The molecule has 0 heterocycles. The van der Waals surface area contributed by atoms with Crippen LogP contribution in [0.4, 0.5) is 4.79 Å². The number of carbonyl (C=O) groups is 1. The van der Waals surface area contributed by atoms with Gasteiger partial charge in [-0.3, -0.25) is 0 Å². The molecule has 1 aliphatic rings. The predicted octanol–water partition coefficient (Wildman–Crippen LogP) is 4.69. The van der Waals surface area contributed by atoms with Crippen LogP contribution in [0.3, 0.4) is 0 Å². The molecule has 4 heteroatoms. The highest BCUT2D eigenvalue weighted by atomic mass is 16.5. The van der Waals surface area contributed by atoms with Crippen LogP contribution in [0.15, 0.2) is 54.6 Å². The van der Waals surface area contributed by atoms with Gasteiger partial charge < -0.3 is 14.7 Å². The van der Waals surface area contributed by atoms with Crippen molar-refractivity contribution < 1.29 is 14.6 Å². The summed E-state index contributed by atoms with van der Waals surface area (Å²) in [6.07, 6.45) is 3.76. The second-order valence-electron chi connectivity index (χ2n) is 6.68. The molecule has 3 rings (SSSR count). The monoisotopic (exact) mass is 339 g/mol. The Labute approximate surface area is 149 Å². The number of ether oxygens (including phenoxy) is 1. The van der Waals surface area contributed by atoms with Gasteiger partial charge in [-0.15, -0.1) is 0 Å².